The molecule has 0 aliphatic carbocycles. The molecule has 0 aliphatic rings. The van der Waals surface area contributed by atoms with Crippen LogP contribution in [0.1, 0.15) is 17.4 Å². The van der Waals surface area contributed by atoms with Crippen molar-refractivity contribution in [2.75, 3.05) is 0 Å². The maximum absolute atomic E-state index is 9.92. The Labute approximate surface area is 140 Å². The molecule has 1 heterocycles. The van der Waals surface area contributed by atoms with Crippen LogP contribution in [-0.4, -0.2) is 20.3 Å². The van der Waals surface area contributed by atoms with Gasteiger partial charge in [-0.3, -0.25) is 5.10 Å². The summed E-state index contributed by atoms with van der Waals surface area (Å²) in [5.74, 6) is 1.00. The van der Waals surface area contributed by atoms with Crippen molar-refractivity contribution >= 4 is 27.5 Å². The number of nitrogens with one attached hydrogen (secondary N) is 1. The highest BCUT2D eigenvalue weighted by atomic mass is 79.9. The SMILES string of the molecule is N[C@H](c1ccc(Cl)cc1)c1nc(-c2cc(Br)ccc2O)n[nH]1. The summed E-state index contributed by atoms with van der Waals surface area (Å²) in [5, 5.41) is 17.5. The van der Waals surface area contributed by atoms with Gasteiger partial charge in [-0.05, 0) is 35.9 Å². The van der Waals surface area contributed by atoms with Crippen molar-refractivity contribution in [3.05, 3.63) is 63.3 Å². The van der Waals surface area contributed by atoms with E-state index in [-0.39, 0.29) is 5.75 Å². The number of benzene rings is 2. The molecule has 1 atom stereocenters. The second-order valence-corrected chi connectivity index (χ2v) is 6.09. The van der Waals surface area contributed by atoms with Gasteiger partial charge in [0.15, 0.2) is 5.82 Å². The summed E-state index contributed by atoms with van der Waals surface area (Å²) in [6, 6.07) is 11.8. The highest BCUT2D eigenvalue weighted by Gasteiger charge is 2.16. The van der Waals surface area contributed by atoms with Crippen molar-refractivity contribution in [1.82, 2.24) is 15.2 Å². The summed E-state index contributed by atoms with van der Waals surface area (Å²) in [5.41, 5.74) is 7.57. The van der Waals surface area contributed by atoms with Crippen molar-refractivity contribution < 1.29 is 5.11 Å². The van der Waals surface area contributed by atoms with Gasteiger partial charge in [0.05, 0.1) is 11.6 Å². The van der Waals surface area contributed by atoms with Gasteiger partial charge in [-0.2, -0.15) is 5.10 Å². The van der Waals surface area contributed by atoms with Crippen molar-refractivity contribution in [3.63, 3.8) is 0 Å². The third-order valence-corrected chi connectivity index (χ3v) is 3.97. The minimum absolute atomic E-state index is 0.105. The molecule has 112 valence electrons. The van der Waals surface area contributed by atoms with Crippen LogP contribution in [0.15, 0.2) is 46.9 Å². The Morgan fingerprint density at radius 2 is 1.91 bits per heavy atom. The Morgan fingerprint density at radius 1 is 1.18 bits per heavy atom. The monoisotopic (exact) mass is 378 g/mol. The Bertz CT molecular complexity index is 804. The van der Waals surface area contributed by atoms with Crippen LogP contribution >= 0.6 is 27.5 Å². The van der Waals surface area contributed by atoms with E-state index >= 15 is 0 Å². The van der Waals surface area contributed by atoms with Gasteiger partial charge in [0.25, 0.3) is 0 Å². The summed E-state index contributed by atoms with van der Waals surface area (Å²) in [6.07, 6.45) is 0. The number of halogens is 2. The van der Waals surface area contributed by atoms with E-state index in [9.17, 15) is 5.11 Å². The lowest BCUT2D eigenvalue weighted by molar-refractivity contribution is 0.477. The van der Waals surface area contributed by atoms with E-state index in [1.807, 2.05) is 12.1 Å². The normalized spacial score (nSPS) is 12.3. The molecule has 7 heteroatoms. The molecular formula is C15H12BrClN4O. The molecule has 1 aromatic heterocycles. The van der Waals surface area contributed by atoms with Crippen LogP contribution in [0.3, 0.4) is 0 Å². The number of hydrogen-bond acceptors (Lipinski definition) is 4. The van der Waals surface area contributed by atoms with Crippen LogP contribution in [0.5, 0.6) is 5.75 Å². The third kappa shape index (κ3) is 2.99. The Morgan fingerprint density at radius 3 is 2.64 bits per heavy atom. The van der Waals surface area contributed by atoms with E-state index in [1.165, 1.54) is 0 Å². The van der Waals surface area contributed by atoms with Crippen LogP contribution in [-0.2, 0) is 0 Å². The van der Waals surface area contributed by atoms with E-state index < -0.39 is 6.04 Å². The average molecular weight is 380 g/mol. The van der Waals surface area contributed by atoms with Crippen LogP contribution in [0.4, 0.5) is 0 Å². The van der Waals surface area contributed by atoms with Gasteiger partial charge < -0.3 is 10.8 Å². The molecule has 0 radical (unpaired) electrons. The lowest BCUT2D eigenvalue weighted by Gasteiger charge is -2.08. The minimum atomic E-state index is -0.451. The summed E-state index contributed by atoms with van der Waals surface area (Å²) in [4.78, 5) is 4.38. The fourth-order valence-electron chi connectivity index (χ4n) is 2.05. The predicted octanol–water partition coefficient (Wildman–Crippen LogP) is 3.64. The fraction of sp³-hybridized carbons (Fsp3) is 0.0667. The predicted molar refractivity (Wildman–Crippen MR) is 88.7 cm³/mol. The number of aromatic amines is 1. The fourth-order valence-corrected chi connectivity index (χ4v) is 2.54. The average Bonchev–Trinajstić information content (AvgIpc) is 2.99. The molecule has 22 heavy (non-hydrogen) atoms. The number of nitrogens with two attached hydrogens (primary N) is 1. The molecule has 0 unspecified atom stereocenters. The zero-order chi connectivity index (χ0) is 15.7. The molecule has 0 amide bonds. The molecule has 0 fully saturated rings. The second-order valence-electron chi connectivity index (χ2n) is 4.73. The molecule has 0 saturated carbocycles. The van der Waals surface area contributed by atoms with Crippen LogP contribution in [0, 0.1) is 0 Å². The zero-order valence-corrected chi connectivity index (χ0v) is 13.6. The quantitative estimate of drug-likeness (QED) is 0.648. The Kier molecular flexibility index (Phi) is 4.15. The largest absolute Gasteiger partial charge is 0.507 e. The number of aromatic hydroxyl groups is 1. The molecule has 5 nitrogen and oxygen atoms in total. The summed E-state index contributed by atoms with van der Waals surface area (Å²) >= 11 is 9.23. The van der Waals surface area contributed by atoms with Gasteiger partial charge in [-0.1, -0.05) is 39.7 Å². The van der Waals surface area contributed by atoms with Gasteiger partial charge >= 0.3 is 0 Å². The third-order valence-electron chi connectivity index (χ3n) is 3.23. The van der Waals surface area contributed by atoms with Crippen molar-refractivity contribution in [3.8, 4) is 17.1 Å². The molecule has 0 saturated heterocycles. The number of nitrogens with zero attached hydrogens (tertiary/aromatic N) is 2. The lowest BCUT2D eigenvalue weighted by atomic mass is 10.1. The number of hydrogen-bond donors (Lipinski definition) is 3. The Balaban J connectivity index is 1.93. The first kappa shape index (κ1) is 15.0. The molecule has 0 spiro atoms. The summed E-state index contributed by atoms with van der Waals surface area (Å²) in [6.45, 7) is 0. The molecular weight excluding hydrogens is 368 g/mol. The molecule has 4 N–H and O–H groups in total. The smallest absolute Gasteiger partial charge is 0.184 e. The van der Waals surface area contributed by atoms with Gasteiger partial charge in [0, 0.05) is 9.50 Å². The lowest BCUT2D eigenvalue weighted by Crippen LogP contribution is -2.13. The van der Waals surface area contributed by atoms with Gasteiger partial charge in [-0.15, -0.1) is 0 Å². The molecule has 3 rings (SSSR count). The topological polar surface area (TPSA) is 87.8 Å². The van der Waals surface area contributed by atoms with Gasteiger partial charge in [0.1, 0.15) is 11.6 Å². The molecule has 2 aromatic carbocycles. The van der Waals surface area contributed by atoms with Gasteiger partial charge in [0.2, 0.25) is 0 Å². The van der Waals surface area contributed by atoms with Crippen LogP contribution in [0.2, 0.25) is 5.02 Å². The van der Waals surface area contributed by atoms with E-state index in [0.29, 0.717) is 22.2 Å². The van der Waals surface area contributed by atoms with Crippen molar-refractivity contribution in [2.45, 2.75) is 6.04 Å². The van der Waals surface area contributed by atoms with Crippen molar-refractivity contribution in [1.29, 1.82) is 0 Å². The van der Waals surface area contributed by atoms with E-state index in [2.05, 4.69) is 31.1 Å². The number of phenols is 1. The summed E-state index contributed by atoms with van der Waals surface area (Å²) < 4.78 is 0.827. The van der Waals surface area contributed by atoms with Gasteiger partial charge in [-0.25, -0.2) is 4.98 Å². The van der Waals surface area contributed by atoms with Crippen molar-refractivity contribution in [2.24, 2.45) is 5.73 Å². The minimum Gasteiger partial charge on any atom is -0.507 e. The molecule has 3 aromatic rings. The van der Waals surface area contributed by atoms with E-state index in [1.54, 1.807) is 30.3 Å². The number of rotatable bonds is 3. The highest BCUT2D eigenvalue weighted by Crippen LogP contribution is 2.30. The second kappa shape index (κ2) is 6.08. The van der Waals surface area contributed by atoms with Crippen LogP contribution < -0.4 is 5.73 Å². The molecule has 0 bridgehead atoms. The number of H-pyrrole nitrogens is 1. The van der Waals surface area contributed by atoms with E-state index in [0.717, 1.165) is 10.0 Å². The first-order chi connectivity index (χ1) is 10.5. The number of phenolic OH excluding ortho intramolecular Hbond substituents is 1. The maximum atomic E-state index is 9.92. The number of aromatic nitrogens is 3. The zero-order valence-electron chi connectivity index (χ0n) is 11.3. The standard InChI is InChI=1S/C15H12BrClN4O/c16-9-3-6-12(22)11(7-9)14-19-15(21-20-14)13(18)8-1-4-10(17)5-2-8/h1-7,13,22H,18H2,(H,19,20,21)/t13-/m1/s1. The van der Waals surface area contributed by atoms with E-state index in [4.69, 9.17) is 17.3 Å². The first-order valence-corrected chi connectivity index (χ1v) is 7.64. The molecule has 0 aliphatic heterocycles. The first-order valence-electron chi connectivity index (χ1n) is 6.47. The maximum Gasteiger partial charge on any atom is 0.184 e. The summed E-state index contributed by atoms with van der Waals surface area (Å²) in [7, 11) is 0. The van der Waals surface area contributed by atoms with Crippen LogP contribution in [0.25, 0.3) is 11.4 Å². The highest BCUT2D eigenvalue weighted by molar-refractivity contribution is 9.10. The Hall–Kier alpha value is -1.89.